The molecule has 0 aliphatic carbocycles. The van der Waals surface area contributed by atoms with Crippen LogP contribution in [0.15, 0.2) is 82.6 Å². The van der Waals surface area contributed by atoms with Crippen LogP contribution < -0.4 is 5.32 Å². The number of hydrogen-bond acceptors (Lipinski definition) is 5. The van der Waals surface area contributed by atoms with Crippen molar-refractivity contribution in [2.75, 3.05) is 5.75 Å². The topological polar surface area (TPSA) is 73.0 Å². The van der Waals surface area contributed by atoms with Crippen molar-refractivity contribution in [1.82, 2.24) is 20.1 Å². The highest BCUT2D eigenvalue weighted by Crippen LogP contribution is 2.32. The van der Waals surface area contributed by atoms with Crippen molar-refractivity contribution in [2.45, 2.75) is 43.6 Å². The third kappa shape index (κ3) is 7.00. The molecule has 0 radical (unpaired) electrons. The molecule has 4 aromatic rings. The molecule has 2 aromatic carbocycles. The number of aromatic nitrogens is 3. The summed E-state index contributed by atoms with van der Waals surface area (Å²) in [7, 11) is 0. The fraction of sp³-hybridized carbons (Fsp3) is 0.269. The monoisotopic (exact) mass is 514 g/mol. The highest BCUT2D eigenvalue weighted by Gasteiger charge is 2.31. The number of carbonyl (C=O) groups excluding carboxylic acids is 1. The first kappa shape index (κ1) is 25.6. The average molecular weight is 515 g/mol. The molecule has 6 nitrogen and oxygen atoms in total. The van der Waals surface area contributed by atoms with E-state index in [-0.39, 0.29) is 5.91 Å². The maximum absolute atomic E-state index is 13.4. The van der Waals surface area contributed by atoms with Crippen molar-refractivity contribution in [3.63, 3.8) is 0 Å². The van der Waals surface area contributed by atoms with Crippen LogP contribution in [-0.2, 0) is 23.9 Å². The predicted molar refractivity (Wildman–Crippen MR) is 131 cm³/mol. The number of alkyl halides is 3. The number of rotatable bonds is 11. The number of carbonyl (C=O) groups is 1. The number of amides is 1. The van der Waals surface area contributed by atoms with Gasteiger partial charge in [0.05, 0.1) is 24.1 Å². The largest absolute Gasteiger partial charge is 0.467 e. The Morgan fingerprint density at radius 2 is 1.83 bits per heavy atom. The van der Waals surface area contributed by atoms with Gasteiger partial charge < -0.3 is 9.73 Å². The Balaban J connectivity index is 1.41. The minimum absolute atomic E-state index is 0.0614. The zero-order valence-electron chi connectivity index (χ0n) is 19.4. The molecule has 188 valence electrons. The van der Waals surface area contributed by atoms with Crippen LogP contribution in [0.1, 0.15) is 42.0 Å². The number of benzene rings is 2. The van der Waals surface area contributed by atoms with Gasteiger partial charge in [0.1, 0.15) is 11.6 Å². The molecule has 10 heteroatoms. The Labute approximate surface area is 210 Å². The van der Waals surface area contributed by atoms with Crippen LogP contribution in [0.3, 0.4) is 0 Å². The lowest BCUT2D eigenvalue weighted by Gasteiger charge is -2.13. The molecular weight excluding hydrogens is 489 g/mol. The van der Waals surface area contributed by atoms with Crippen molar-refractivity contribution in [3.8, 4) is 5.69 Å². The van der Waals surface area contributed by atoms with Gasteiger partial charge in [-0.2, -0.15) is 13.2 Å². The third-order valence-corrected chi connectivity index (χ3v) is 6.42. The second kappa shape index (κ2) is 11.9. The summed E-state index contributed by atoms with van der Waals surface area (Å²) in [6, 6.07) is 18.3. The standard InChI is InChI=1S/C26H25F3N4O2S/c27-26(28,29)20-10-6-11-21(17-20)33-23(16-19-8-2-1-3-9-19)31-32-25(33)36-15-5-4-13-24(34)30-18-22-12-7-14-35-22/h1-3,6-12,14,17H,4-5,13,15-16,18H2,(H,30,34). The fourth-order valence-corrected chi connectivity index (χ4v) is 4.58. The minimum Gasteiger partial charge on any atom is -0.467 e. The van der Waals surface area contributed by atoms with Crippen LogP contribution in [0.2, 0.25) is 0 Å². The van der Waals surface area contributed by atoms with Crippen LogP contribution in [0.4, 0.5) is 13.2 Å². The zero-order chi connectivity index (χ0) is 25.4. The van der Waals surface area contributed by atoms with Crippen molar-refractivity contribution in [1.29, 1.82) is 0 Å². The molecule has 4 rings (SSSR count). The summed E-state index contributed by atoms with van der Waals surface area (Å²) in [5.74, 6) is 1.83. The molecule has 0 fully saturated rings. The van der Waals surface area contributed by atoms with E-state index in [2.05, 4.69) is 15.5 Å². The molecule has 0 spiro atoms. The van der Waals surface area contributed by atoms with Gasteiger partial charge in [0.2, 0.25) is 5.91 Å². The quantitative estimate of drug-likeness (QED) is 0.195. The Bertz CT molecular complexity index is 1260. The van der Waals surface area contributed by atoms with Crippen LogP contribution in [-0.4, -0.2) is 26.4 Å². The van der Waals surface area contributed by atoms with E-state index in [1.807, 2.05) is 30.3 Å². The molecule has 0 saturated heterocycles. The molecule has 0 aliphatic heterocycles. The summed E-state index contributed by atoms with van der Waals surface area (Å²) in [5, 5.41) is 11.9. The van der Waals surface area contributed by atoms with Crippen molar-refractivity contribution < 1.29 is 22.4 Å². The van der Waals surface area contributed by atoms with Gasteiger partial charge in [0, 0.05) is 18.6 Å². The molecule has 0 atom stereocenters. The van der Waals surface area contributed by atoms with Crippen molar-refractivity contribution in [3.05, 3.63) is 95.7 Å². The second-order valence-corrected chi connectivity index (χ2v) is 9.17. The average Bonchev–Trinajstić information content (AvgIpc) is 3.53. The molecule has 36 heavy (non-hydrogen) atoms. The van der Waals surface area contributed by atoms with Gasteiger partial charge in [-0.15, -0.1) is 10.2 Å². The summed E-state index contributed by atoms with van der Waals surface area (Å²) in [6.45, 7) is 0.352. The maximum Gasteiger partial charge on any atom is 0.416 e. The van der Waals surface area contributed by atoms with Gasteiger partial charge in [0.15, 0.2) is 5.16 Å². The van der Waals surface area contributed by atoms with Crippen LogP contribution in [0.5, 0.6) is 0 Å². The SMILES string of the molecule is O=C(CCCCSc1nnc(Cc2ccccc2)n1-c1cccc(C(F)(F)F)c1)NCc1ccco1. The van der Waals surface area contributed by atoms with Gasteiger partial charge in [-0.1, -0.05) is 48.2 Å². The van der Waals surface area contributed by atoms with Gasteiger partial charge in [-0.05, 0) is 48.7 Å². The van der Waals surface area contributed by atoms with Crippen LogP contribution in [0, 0.1) is 0 Å². The maximum atomic E-state index is 13.4. The summed E-state index contributed by atoms with van der Waals surface area (Å²) in [4.78, 5) is 12.0. The molecule has 2 heterocycles. The van der Waals surface area contributed by atoms with Crippen molar-refractivity contribution in [2.24, 2.45) is 0 Å². The lowest BCUT2D eigenvalue weighted by Crippen LogP contribution is -2.22. The van der Waals surface area contributed by atoms with E-state index in [1.165, 1.54) is 17.8 Å². The first-order valence-electron chi connectivity index (χ1n) is 11.5. The van der Waals surface area contributed by atoms with E-state index in [1.54, 1.807) is 29.0 Å². The van der Waals surface area contributed by atoms with E-state index < -0.39 is 11.7 Å². The van der Waals surface area contributed by atoms with E-state index in [0.29, 0.717) is 54.0 Å². The van der Waals surface area contributed by atoms with E-state index >= 15 is 0 Å². The number of furan rings is 1. The second-order valence-electron chi connectivity index (χ2n) is 8.11. The first-order chi connectivity index (χ1) is 17.4. The minimum atomic E-state index is -4.45. The zero-order valence-corrected chi connectivity index (χ0v) is 20.2. The van der Waals surface area contributed by atoms with Crippen molar-refractivity contribution >= 4 is 17.7 Å². The molecule has 1 N–H and O–H groups in total. The summed E-state index contributed by atoms with van der Waals surface area (Å²) in [6.07, 6.45) is -0.675. The number of nitrogens with zero attached hydrogens (tertiary/aromatic N) is 3. The normalized spacial score (nSPS) is 11.5. The lowest BCUT2D eigenvalue weighted by atomic mass is 10.1. The Morgan fingerprint density at radius 3 is 2.58 bits per heavy atom. The molecule has 0 unspecified atom stereocenters. The van der Waals surface area contributed by atoms with Crippen LogP contribution >= 0.6 is 11.8 Å². The van der Waals surface area contributed by atoms with Gasteiger partial charge in [-0.25, -0.2) is 0 Å². The van der Waals surface area contributed by atoms with E-state index in [0.717, 1.165) is 24.1 Å². The molecule has 0 saturated carbocycles. The number of halogens is 3. The van der Waals surface area contributed by atoms with Gasteiger partial charge in [0.25, 0.3) is 0 Å². The number of thioether (sulfide) groups is 1. The first-order valence-corrected chi connectivity index (χ1v) is 12.5. The van der Waals surface area contributed by atoms with E-state index in [9.17, 15) is 18.0 Å². The Kier molecular flexibility index (Phi) is 8.48. The van der Waals surface area contributed by atoms with Gasteiger partial charge in [-0.3, -0.25) is 9.36 Å². The Hall–Kier alpha value is -3.53. The van der Waals surface area contributed by atoms with Gasteiger partial charge >= 0.3 is 6.18 Å². The van der Waals surface area contributed by atoms with E-state index in [4.69, 9.17) is 4.42 Å². The number of nitrogens with one attached hydrogen (secondary N) is 1. The molecular formula is C26H25F3N4O2S. The summed E-state index contributed by atoms with van der Waals surface area (Å²) < 4.78 is 47.0. The predicted octanol–water partition coefficient (Wildman–Crippen LogP) is 6.05. The van der Waals surface area contributed by atoms with Crippen LogP contribution in [0.25, 0.3) is 5.69 Å². The molecule has 0 bridgehead atoms. The molecule has 1 amide bonds. The fourth-order valence-electron chi connectivity index (χ4n) is 3.61. The Morgan fingerprint density at radius 1 is 1.00 bits per heavy atom. The summed E-state index contributed by atoms with van der Waals surface area (Å²) >= 11 is 1.41. The highest BCUT2D eigenvalue weighted by molar-refractivity contribution is 7.99. The smallest absolute Gasteiger partial charge is 0.416 e. The molecule has 0 aliphatic rings. The highest BCUT2D eigenvalue weighted by atomic mass is 32.2. The number of unbranched alkanes of at least 4 members (excludes halogenated alkanes) is 1. The lowest BCUT2D eigenvalue weighted by molar-refractivity contribution is -0.137. The number of hydrogen-bond donors (Lipinski definition) is 1. The molecule has 2 aromatic heterocycles. The third-order valence-electron chi connectivity index (χ3n) is 5.41. The summed E-state index contributed by atoms with van der Waals surface area (Å²) in [5.41, 5.74) is 0.617.